The first-order valence-electron chi connectivity index (χ1n) is 12.1. The van der Waals surface area contributed by atoms with Gasteiger partial charge in [-0.25, -0.2) is 4.39 Å². The largest absolute Gasteiger partial charge is 0.497 e. The fourth-order valence-electron chi connectivity index (χ4n) is 4.10. The number of amides is 1. The van der Waals surface area contributed by atoms with Gasteiger partial charge in [0.2, 0.25) is 0 Å². The maximum absolute atomic E-state index is 15.2. The van der Waals surface area contributed by atoms with E-state index in [9.17, 15) is 4.79 Å². The highest BCUT2D eigenvalue weighted by atomic mass is 19.1. The number of carbonyl (C=O) groups is 1. The van der Waals surface area contributed by atoms with Crippen LogP contribution in [0.5, 0.6) is 28.7 Å². The Kier molecular flexibility index (Phi) is 7.36. The van der Waals surface area contributed by atoms with Crippen molar-refractivity contribution in [1.82, 2.24) is 14.8 Å². The Morgan fingerprint density at radius 3 is 2.42 bits per heavy atom. The summed E-state index contributed by atoms with van der Waals surface area (Å²) in [5.74, 6) is 1.28. The van der Waals surface area contributed by atoms with Gasteiger partial charge in [-0.3, -0.25) is 14.5 Å². The van der Waals surface area contributed by atoms with Crippen LogP contribution in [0.25, 0.3) is 10.9 Å². The molecule has 5 aromatic rings. The number of hydrogen-bond donors (Lipinski definition) is 2. The second kappa shape index (κ2) is 11.2. The lowest BCUT2D eigenvalue weighted by atomic mass is 10.1. The van der Waals surface area contributed by atoms with Gasteiger partial charge >= 0.3 is 0 Å². The molecule has 0 aliphatic heterocycles. The van der Waals surface area contributed by atoms with Gasteiger partial charge in [0.1, 0.15) is 17.1 Å². The molecule has 2 aromatic heterocycles. The van der Waals surface area contributed by atoms with Crippen LogP contribution in [0.2, 0.25) is 0 Å². The fourth-order valence-corrected chi connectivity index (χ4v) is 4.10. The number of halogens is 1. The first-order valence-corrected chi connectivity index (χ1v) is 12.1. The minimum Gasteiger partial charge on any atom is -0.497 e. The molecule has 10 nitrogen and oxygen atoms in total. The molecule has 1 amide bonds. The zero-order valence-electron chi connectivity index (χ0n) is 22.2. The normalized spacial score (nSPS) is 10.7. The van der Waals surface area contributed by atoms with Gasteiger partial charge in [-0.15, -0.1) is 0 Å². The van der Waals surface area contributed by atoms with Crippen molar-refractivity contribution in [2.75, 3.05) is 32.0 Å². The Hall–Kier alpha value is -5.32. The van der Waals surface area contributed by atoms with Crippen molar-refractivity contribution in [3.05, 3.63) is 84.4 Å². The molecule has 2 heterocycles. The highest BCUT2D eigenvalue weighted by Gasteiger charge is 2.18. The molecule has 0 unspecified atom stereocenters. The Labute approximate surface area is 229 Å². The molecule has 0 saturated carbocycles. The number of methoxy groups -OCH3 is 3. The van der Waals surface area contributed by atoms with E-state index in [1.165, 1.54) is 31.0 Å². The van der Waals surface area contributed by atoms with Crippen LogP contribution >= 0.6 is 0 Å². The van der Waals surface area contributed by atoms with Crippen molar-refractivity contribution in [3.63, 3.8) is 0 Å². The van der Waals surface area contributed by atoms with Crippen molar-refractivity contribution in [1.29, 1.82) is 0 Å². The van der Waals surface area contributed by atoms with Crippen molar-refractivity contribution in [3.8, 4) is 28.7 Å². The number of rotatable bonds is 9. The van der Waals surface area contributed by atoms with Gasteiger partial charge < -0.3 is 29.6 Å². The molecule has 5 rings (SSSR count). The van der Waals surface area contributed by atoms with Gasteiger partial charge in [0.25, 0.3) is 5.91 Å². The Morgan fingerprint density at radius 2 is 1.68 bits per heavy atom. The SMILES string of the molecule is COc1cccc(NC(=O)c2cn(C)nc2Nc2ccc(Oc3ccnc4cc(OC)c(OC)cc34)c(F)c2)c1. The first kappa shape index (κ1) is 26.3. The maximum Gasteiger partial charge on any atom is 0.261 e. The molecule has 204 valence electrons. The number of aryl methyl sites for hydroxylation is 1. The van der Waals surface area contributed by atoms with Gasteiger partial charge in [0.05, 0.1) is 26.8 Å². The minimum absolute atomic E-state index is 0.00449. The van der Waals surface area contributed by atoms with Crippen LogP contribution in [0.3, 0.4) is 0 Å². The molecule has 3 aromatic carbocycles. The molecule has 11 heteroatoms. The van der Waals surface area contributed by atoms with E-state index < -0.39 is 5.82 Å². The number of carbonyl (C=O) groups excluding carboxylic acids is 1. The Bertz CT molecular complexity index is 1700. The summed E-state index contributed by atoms with van der Waals surface area (Å²) in [6.45, 7) is 0. The fraction of sp³-hybridized carbons (Fsp3) is 0.138. The monoisotopic (exact) mass is 543 g/mol. The van der Waals surface area contributed by atoms with Crippen molar-refractivity contribution < 1.29 is 28.1 Å². The summed E-state index contributed by atoms with van der Waals surface area (Å²) >= 11 is 0. The standard InChI is InChI=1S/C29H26FN5O5/c1-35-16-21(29(36)33-17-6-5-7-19(12-17)37-2)28(34-35)32-18-8-9-25(22(30)13-18)40-24-10-11-31-23-15-27(39-4)26(38-3)14-20(23)24/h5-16H,1-4H3,(H,32,34)(H,33,36). The van der Waals surface area contributed by atoms with E-state index in [4.69, 9.17) is 18.9 Å². The highest BCUT2D eigenvalue weighted by molar-refractivity contribution is 6.07. The summed E-state index contributed by atoms with van der Waals surface area (Å²) in [5, 5.41) is 10.8. The van der Waals surface area contributed by atoms with Crippen LogP contribution in [0, 0.1) is 5.82 Å². The Balaban J connectivity index is 1.36. The third kappa shape index (κ3) is 5.44. The lowest BCUT2D eigenvalue weighted by Gasteiger charge is -2.13. The topological polar surface area (TPSA) is 109 Å². The predicted octanol–water partition coefficient (Wildman–Crippen LogP) is 5.92. The molecule has 0 saturated heterocycles. The molecule has 2 N–H and O–H groups in total. The lowest BCUT2D eigenvalue weighted by molar-refractivity contribution is 0.102. The first-order chi connectivity index (χ1) is 19.4. The van der Waals surface area contributed by atoms with Crippen LogP contribution in [-0.2, 0) is 7.05 Å². The van der Waals surface area contributed by atoms with Crippen molar-refractivity contribution in [2.24, 2.45) is 7.05 Å². The molecule has 0 radical (unpaired) electrons. The van der Waals surface area contributed by atoms with E-state index in [0.717, 1.165) is 0 Å². The molecule has 40 heavy (non-hydrogen) atoms. The van der Waals surface area contributed by atoms with Crippen LogP contribution in [0.1, 0.15) is 10.4 Å². The number of pyridine rings is 1. The Morgan fingerprint density at radius 1 is 0.875 bits per heavy atom. The van der Waals surface area contributed by atoms with Crippen LogP contribution in [0.15, 0.2) is 73.1 Å². The van der Waals surface area contributed by atoms with Crippen molar-refractivity contribution >= 4 is 34.0 Å². The van der Waals surface area contributed by atoms with Crippen LogP contribution < -0.4 is 29.6 Å². The van der Waals surface area contributed by atoms with E-state index in [-0.39, 0.29) is 23.0 Å². The number of fused-ring (bicyclic) bond motifs is 1. The van der Waals surface area contributed by atoms with Crippen molar-refractivity contribution in [2.45, 2.75) is 0 Å². The number of benzene rings is 3. The third-order valence-electron chi connectivity index (χ3n) is 6.02. The molecule has 0 aliphatic carbocycles. The summed E-state index contributed by atoms with van der Waals surface area (Å²) in [6, 6.07) is 16.5. The van der Waals surface area contributed by atoms with Gasteiger partial charge in [-0.1, -0.05) is 6.07 Å². The summed E-state index contributed by atoms with van der Waals surface area (Å²) in [4.78, 5) is 17.3. The molecule has 0 fully saturated rings. The molecular weight excluding hydrogens is 517 g/mol. The van der Waals surface area contributed by atoms with Crippen LogP contribution in [-0.4, -0.2) is 42.0 Å². The van der Waals surface area contributed by atoms with Crippen LogP contribution in [0.4, 0.5) is 21.6 Å². The number of hydrogen-bond acceptors (Lipinski definition) is 8. The van der Waals surface area contributed by atoms with E-state index in [2.05, 4.69) is 20.7 Å². The predicted molar refractivity (Wildman–Crippen MR) is 149 cm³/mol. The summed E-state index contributed by atoms with van der Waals surface area (Å²) in [5.41, 5.74) is 1.82. The van der Waals surface area contributed by atoms with Gasteiger partial charge in [-0.05, 0) is 36.4 Å². The average molecular weight is 544 g/mol. The summed E-state index contributed by atoms with van der Waals surface area (Å²) in [7, 11) is 6.31. The lowest BCUT2D eigenvalue weighted by Crippen LogP contribution is -2.13. The smallest absolute Gasteiger partial charge is 0.261 e. The quantitative estimate of drug-likeness (QED) is 0.236. The van der Waals surface area contributed by atoms with Gasteiger partial charge in [0, 0.05) is 54.4 Å². The van der Waals surface area contributed by atoms with E-state index in [0.29, 0.717) is 45.3 Å². The number of anilines is 3. The molecule has 0 spiro atoms. The molecule has 0 bridgehead atoms. The zero-order chi connectivity index (χ0) is 28.2. The number of aromatic nitrogens is 3. The van der Waals surface area contributed by atoms with E-state index in [1.807, 2.05) is 0 Å². The van der Waals surface area contributed by atoms with Gasteiger partial charge in [-0.2, -0.15) is 5.10 Å². The number of ether oxygens (including phenoxy) is 4. The minimum atomic E-state index is -0.617. The maximum atomic E-state index is 15.2. The highest BCUT2D eigenvalue weighted by Crippen LogP contribution is 2.37. The van der Waals surface area contributed by atoms with E-state index >= 15 is 4.39 Å². The number of nitrogens with zero attached hydrogens (tertiary/aromatic N) is 3. The summed E-state index contributed by atoms with van der Waals surface area (Å²) < 4.78 is 38.5. The molecule has 0 atom stereocenters. The number of nitrogens with one attached hydrogen (secondary N) is 2. The van der Waals surface area contributed by atoms with E-state index in [1.54, 1.807) is 75.1 Å². The third-order valence-corrected chi connectivity index (χ3v) is 6.02. The zero-order valence-corrected chi connectivity index (χ0v) is 22.2. The second-order valence-corrected chi connectivity index (χ2v) is 8.66. The molecular formula is C29H26FN5O5. The summed E-state index contributed by atoms with van der Waals surface area (Å²) in [6.07, 6.45) is 3.14. The average Bonchev–Trinajstić information content (AvgIpc) is 3.33. The van der Waals surface area contributed by atoms with Gasteiger partial charge in [0.15, 0.2) is 28.9 Å². The molecule has 0 aliphatic rings. The second-order valence-electron chi connectivity index (χ2n) is 8.66.